The van der Waals surface area contributed by atoms with Crippen LogP contribution in [0.3, 0.4) is 0 Å². The molecule has 0 unspecified atom stereocenters. The van der Waals surface area contributed by atoms with E-state index in [0.717, 1.165) is 16.1 Å². The molecule has 0 atom stereocenters. The van der Waals surface area contributed by atoms with E-state index in [2.05, 4.69) is 5.10 Å². The largest absolute Gasteiger partial charge is 0.275 e. The minimum atomic E-state index is 0.760. The molecule has 2 aromatic rings. The molecule has 1 aromatic heterocycles. The lowest BCUT2D eigenvalue weighted by atomic mass is 10.1. The standard InChI is InChI=1S/C10H9ClN2/c1-13-7-8(6-12-13)9-4-2-3-5-10(9)11/h2-7H,1H3. The lowest BCUT2D eigenvalue weighted by Crippen LogP contribution is -1.84. The second kappa shape index (κ2) is 3.23. The molecular weight excluding hydrogens is 184 g/mol. The molecule has 1 heterocycles. The molecule has 3 heteroatoms. The highest BCUT2D eigenvalue weighted by Crippen LogP contribution is 2.26. The maximum atomic E-state index is 6.03. The van der Waals surface area contributed by atoms with Crippen molar-refractivity contribution >= 4 is 11.6 Å². The molecule has 2 nitrogen and oxygen atoms in total. The number of hydrogen-bond donors (Lipinski definition) is 0. The van der Waals surface area contributed by atoms with Crippen LogP contribution in [0.1, 0.15) is 0 Å². The predicted molar refractivity (Wildman–Crippen MR) is 53.7 cm³/mol. The first-order valence-corrected chi connectivity index (χ1v) is 4.39. The zero-order valence-corrected chi connectivity index (χ0v) is 7.99. The summed E-state index contributed by atoms with van der Waals surface area (Å²) in [6.07, 6.45) is 3.75. The van der Waals surface area contributed by atoms with Crippen LogP contribution < -0.4 is 0 Å². The molecule has 0 aliphatic heterocycles. The number of rotatable bonds is 1. The highest BCUT2D eigenvalue weighted by atomic mass is 35.5. The molecule has 0 aliphatic carbocycles. The van der Waals surface area contributed by atoms with Crippen LogP contribution in [-0.2, 0) is 7.05 Å². The van der Waals surface area contributed by atoms with E-state index >= 15 is 0 Å². The van der Waals surface area contributed by atoms with Crippen molar-refractivity contribution < 1.29 is 0 Å². The van der Waals surface area contributed by atoms with Crippen LogP contribution in [0.15, 0.2) is 36.7 Å². The summed E-state index contributed by atoms with van der Waals surface area (Å²) in [6.45, 7) is 0. The zero-order chi connectivity index (χ0) is 9.26. The monoisotopic (exact) mass is 192 g/mol. The van der Waals surface area contributed by atoms with Crippen molar-refractivity contribution in [3.05, 3.63) is 41.7 Å². The minimum Gasteiger partial charge on any atom is -0.275 e. The van der Waals surface area contributed by atoms with Gasteiger partial charge < -0.3 is 0 Å². The molecule has 1 aromatic carbocycles. The summed E-state index contributed by atoms with van der Waals surface area (Å²) in [7, 11) is 1.89. The average molecular weight is 193 g/mol. The van der Waals surface area contributed by atoms with Crippen LogP contribution in [0.2, 0.25) is 5.02 Å². The first-order chi connectivity index (χ1) is 6.27. The van der Waals surface area contributed by atoms with Crippen molar-refractivity contribution in [2.75, 3.05) is 0 Å². The fourth-order valence-corrected chi connectivity index (χ4v) is 1.50. The van der Waals surface area contributed by atoms with Gasteiger partial charge in [-0.25, -0.2) is 0 Å². The smallest absolute Gasteiger partial charge is 0.0568 e. The van der Waals surface area contributed by atoms with E-state index in [9.17, 15) is 0 Å². The topological polar surface area (TPSA) is 17.8 Å². The van der Waals surface area contributed by atoms with Gasteiger partial charge in [0, 0.05) is 29.4 Å². The highest BCUT2D eigenvalue weighted by molar-refractivity contribution is 6.33. The normalized spacial score (nSPS) is 10.3. The molecule has 0 amide bonds. The predicted octanol–water partition coefficient (Wildman–Crippen LogP) is 2.74. The number of benzene rings is 1. The van der Waals surface area contributed by atoms with Crippen LogP contribution in [0.25, 0.3) is 11.1 Å². The lowest BCUT2D eigenvalue weighted by Gasteiger charge is -1.98. The molecule has 0 spiro atoms. The fourth-order valence-electron chi connectivity index (χ4n) is 1.26. The third kappa shape index (κ3) is 1.58. The second-order valence-corrected chi connectivity index (χ2v) is 3.29. The van der Waals surface area contributed by atoms with Gasteiger partial charge in [0.05, 0.1) is 6.20 Å². The molecule has 0 saturated carbocycles. The minimum absolute atomic E-state index is 0.760. The quantitative estimate of drug-likeness (QED) is 0.680. The molecule has 0 bridgehead atoms. The van der Waals surface area contributed by atoms with Crippen LogP contribution >= 0.6 is 11.6 Å². The zero-order valence-electron chi connectivity index (χ0n) is 7.24. The molecule has 0 N–H and O–H groups in total. The Balaban J connectivity index is 2.52. The third-order valence-electron chi connectivity index (χ3n) is 1.89. The van der Waals surface area contributed by atoms with Gasteiger partial charge >= 0.3 is 0 Å². The van der Waals surface area contributed by atoms with Gasteiger partial charge in [-0.1, -0.05) is 29.8 Å². The van der Waals surface area contributed by atoms with Gasteiger partial charge in [0.1, 0.15) is 0 Å². The summed E-state index contributed by atoms with van der Waals surface area (Å²) in [5, 5.41) is 4.85. The van der Waals surface area contributed by atoms with E-state index < -0.39 is 0 Å². The van der Waals surface area contributed by atoms with E-state index in [-0.39, 0.29) is 0 Å². The number of aryl methyl sites for hydroxylation is 1. The third-order valence-corrected chi connectivity index (χ3v) is 2.22. The Morgan fingerprint density at radius 2 is 2.08 bits per heavy atom. The van der Waals surface area contributed by atoms with Crippen molar-refractivity contribution in [1.29, 1.82) is 0 Å². The summed E-state index contributed by atoms with van der Waals surface area (Å²) in [4.78, 5) is 0. The van der Waals surface area contributed by atoms with E-state index in [1.807, 2.05) is 37.5 Å². The van der Waals surface area contributed by atoms with Crippen molar-refractivity contribution in [1.82, 2.24) is 9.78 Å². The van der Waals surface area contributed by atoms with E-state index in [0.29, 0.717) is 0 Å². The van der Waals surface area contributed by atoms with Gasteiger partial charge in [-0.15, -0.1) is 0 Å². The second-order valence-electron chi connectivity index (χ2n) is 2.88. The number of nitrogens with zero attached hydrogens (tertiary/aromatic N) is 2. The first kappa shape index (κ1) is 8.32. The molecule has 0 aliphatic rings. The van der Waals surface area contributed by atoms with Gasteiger partial charge in [-0.3, -0.25) is 4.68 Å². The number of aromatic nitrogens is 2. The Kier molecular flexibility index (Phi) is 2.07. The maximum absolute atomic E-state index is 6.03. The molecular formula is C10H9ClN2. The van der Waals surface area contributed by atoms with Crippen LogP contribution in [0.4, 0.5) is 0 Å². The van der Waals surface area contributed by atoms with Crippen molar-refractivity contribution in [3.63, 3.8) is 0 Å². The fraction of sp³-hybridized carbons (Fsp3) is 0.100. The summed E-state index contributed by atoms with van der Waals surface area (Å²) in [5.74, 6) is 0. The Morgan fingerprint density at radius 1 is 1.31 bits per heavy atom. The Labute approximate surface area is 81.8 Å². The van der Waals surface area contributed by atoms with E-state index in [4.69, 9.17) is 11.6 Å². The molecule has 0 fully saturated rings. The molecule has 2 rings (SSSR count). The molecule has 0 saturated heterocycles. The van der Waals surface area contributed by atoms with Crippen LogP contribution in [0, 0.1) is 0 Å². The Morgan fingerprint density at radius 3 is 2.69 bits per heavy atom. The van der Waals surface area contributed by atoms with E-state index in [1.54, 1.807) is 10.9 Å². The Hall–Kier alpha value is -1.28. The number of hydrogen-bond acceptors (Lipinski definition) is 1. The van der Waals surface area contributed by atoms with Crippen molar-refractivity contribution in [3.8, 4) is 11.1 Å². The van der Waals surface area contributed by atoms with Crippen molar-refractivity contribution in [2.45, 2.75) is 0 Å². The highest BCUT2D eigenvalue weighted by Gasteiger charge is 2.03. The van der Waals surface area contributed by atoms with E-state index in [1.165, 1.54) is 0 Å². The van der Waals surface area contributed by atoms with Gasteiger partial charge in [-0.2, -0.15) is 5.10 Å². The molecule has 13 heavy (non-hydrogen) atoms. The van der Waals surface area contributed by atoms with Gasteiger partial charge in [0.15, 0.2) is 0 Å². The average Bonchev–Trinajstić information content (AvgIpc) is 2.53. The summed E-state index contributed by atoms with van der Waals surface area (Å²) < 4.78 is 1.76. The van der Waals surface area contributed by atoms with Crippen LogP contribution in [-0.4, -0.2) is 9.78 Å². The first-order valence-electron chi connectivity index (χ1n) is 4.01. The number of halogens is 1. The Bertz CT molecular complexity index is 420. The van der Waals surface area contributed by atoms with Gasteiger partial charge in [-0.05, 0) is 6.07 Å². The van der Waals surface area contributed by atoms with Crippen LogP contribution in [0.5, 0.6) is 0 Å². The van der Waals surface area contributed by atoms with Crippen molar-refractivity contribution in [2.24, 2.45) is 7.05 Å². The lowest BCUT2D eigenvalue weighted by molar-refractivity contribution is 0.768. The molecule has 66 valence electrons. The summed E-state index contributed by atoms with van der Waals surface area (Å²) >= 11 is 6.03. The maximum Gasteiger partial charge on any atom is 0.0568 e. The summed E-state index contributed by atoms with van der Waals surface area (Å²) in [6, 6.07) is 7.75. The van der Waals surface area contributed by atoms with Gasteiger partial charge in [0.2, 0.25) is 0 Å². The SMILES string of the molecule is Cn1cc(-c2ccccc2Cl)cn1. The van der Waals surface area contributed by atoms with Gasteiger partial charge in [0.25, 0.3) is 0 Å². The summed E-state index contributed by atoms with van der Waals surface area (Å²) in [5.41, 5.74) is 2.07. The molecule has 0 radical (unpaired) electrons.